The quantitative estimate of drug-likeness (QED) is 0.842. The second-order valence-corrected chi connectivity index (χ2v) is 5.55. The van der Waals surface area contributed by atoms with E-state index >= 15 is 0 Å². The molecule has 0 radical (unpaired) electrons. The van der Waals surface area contributed by atoms with E-state index < -0.39 is 0 Å². The Kier molecular flexibility index (Phi) is 2.75. The molecule has 2 heteroatoms. The molecule has 0 heterocycles. The molecule has 0 aromatic heterocycles. The van der Waals surface area contributed by atoms with Crippen LogP contribution in [0, 0.1) is 5.92 Å². The average molecular weight is 229 g/mol. The Bertz CT molecular complexity index is 436. The van der Waals surface area contributed by atoms with Crippen LogP contribution in [-0.4, -0.2) is 11.8 Å². The summed E-state index contributed by atoms with van der Waals surface area (Å²) in [5.41, 5.74) is 8.78. The molecule has 1 fully saturated rings. The largest absolute Gasteiger partial charge is 0.327 e. The molecule has 17 heavy (non-hydrogen) atoms. The summed E-state index contributed by atoms with van der Waals surface area (Å²) < 4.78 is 0. The molecule has 0 bridgehead atoms. The predicted molar refractivity (Wildman–Crippen MR) is 67.8 cm³/mol. The predicted octanol–water partition coefficient (Wildman–Crippen LogP) is 2.41. The molecule has 2 aliphatic rings. The van der Waals surface area contributed by atoms with Crippen LogP contribution in [0.2, 0.25) is 0 Å². The van der Waals surface area contributed by atoms with E-state index in [1.165, 1.54) is 24.0 Å². The Labute approximate surface area is 102 Å². The van der Waals surface area contributed by atoms with Crippen molar-refractivity contribution >= 4 is 5.78 Å². The first kappa shape index (κ1) is 11.0. The van der Waals surface area contributed by atoms with Gasteiger partial charge in [-0.05, 0) is 42.2 Å². The van der Waals surface area contributed by atoms with Crippen LogP contribution in [0.25, 0.3) is 0 Å². The molecule has 2 atom stereocenters. The smallest absolute Gasteiger partial charge is 0.135 e. The molecule has 0 aliphatic heterocycles. The van der Waals surface area contributed by atoms with Crippen molar-refractivity contribution < 1.29 is 4.79 Å². The number of hydrogen-bond donors (Lipinski definition) is 1. The van der Waals surface area contributed by atoms with Crippen LogP contribution >= 0.6 is 0 Å². The molecule has 1 aromatic rings. The van der Waals surface area contributed by atoms with Crippen LogP contribution in [0.1, 0.15) is 42.7 Å². The van der Waals surface area contributed by atoms with Gasteiger partial charge in [0.25, 0.3) is 0 Å². The van der Waals surface area contributed by atoms with Crippen LogP contribution in [-0.2, 0) is 11.2 Å². The number of nitrogens with two attached hydrogens (primary N) is 1. The van der Waals surface area contributed by atoms with Crippen molar-refractivity contribution in [3.8, 4) is 0 Å². The molecule has 2 N–H and O–H groups in total. The van der Waals surface area contributed by atoms with E-state index in [4.69, 9.17) is 5.73 Å². The van der Waals surface area contributed by atoms with Gasteiger partial charge in [0, 0.05) is 18.9 Å². The molecule has 3 rings (SSSR count). The summed E-state index contributed by atoms with van der Waals surface area (Å²) in [6.07, 6.45) is 4.79. The summed E-state index contributed by atoms with van der Waals surface area (Å²) in [6.45, 7) is 0. The topological polar surface area (TPSA) is 43.1 Å². The fourth-order valence-corrected chi connectivity index (χ4v) is 2.86. The minimum Gasteiger partial charge on any atom is -0.327 e. The minimum absolute atomic E-state index is 0.123. The van der Waals surface area contributed by atoms with Crippen LogP contribution < -0.4 is 5.73 Å². The van der Waals surface area contributed by atoms with Gasteiger partial charge in [-0.3, -0.25) is 4.79 Å². The summed E-state index contributed by atoms with van der Waals surface area (Å²) >= 11 is 0. The van der Waals surface area contributed by atoms with Gasteiger partial charge in [0.05, 0.1) is 0 Å². The maximum Gasteiger partial charge on any atom is 0.135 e. The highest BCUT2D eigenvalue weighted by Gasteiger charge is 2.32. The third-order valence-electron chi connectivity index (χ3n) is 4.13. The molecule has 2 nitrogen and oxygen atoms in total. The maximum atomic E-state index is 11.9. The van der Waals surface area contributed by atoms with E-state index in [1.807, 2.05) is 0 Å². The maximum absolute atomic E-state index is 11.9. The molecule has 0 saturated heterocycles. The van der Waals surface area contributed by atoms with E-state index in [0.29, 0.717) is 30.5 Å². The Balaban J connectivity index is 1.53. The fourth-order valence-electron chi connectivity index (χ4n) is 2.86. The van der Waals surface area contributed by atoms with E-state index in [-0.39, 0.29) is 6.04 Å². The standard InChI is InChI=1S/C15H19NO/c16-15(10-5-6-10)9-13(17)8-12-7-11-3-1-2-4-14(11)12/h1-4,10,12,15H,5-9,16H2. The van der Waals surface area contributed by atoms with Gasteiger partial charge in [-0.15, -0.1) is 0 Å². The molecular weight excluding hydrogens is 210 g/mol. The first-order valence-electron chi connectivity index (χ1n) is 6.59. The zero-order valence-corrected chi connectivity index (χ0v) is 10.1. The number of fused-ring (bicyclic) bond motifs is 1. The lowest BCUT2D eigenvalue weighted by atomic mass is 9.74. The Hall–Kier alpha value is -1.15. The highest BCUT2D eigenvalue weighted by atomic mass is 16.1. The second kappa shape index (κ2) is 4.26. The second-order valence-electron chi connectivity index (χ2n) is 5.55. The Morgan fingerprint density at radius 3 is 2.82 bits per heavy atom. The van der Waals surface area contributed by atoms with Crippen LogP contribution in [0.3, 0.4) is 0 Å². The van der Waals surface area contributed by atoms with E-state index in [1.54, 1.807) is 0 Å². The zero-order valence-electron chi connectivity index (χ0n) is 10.1. The Morgan fingerprint density at radius 2 is 2.12 bits per heavy atom. The molecule has 1 saturated carbocycles. The van der Waals surface area contributed by atoms with Crippen molar-refractivity contribution in [2.75, 3.05) is 0 Å². The van der Waals surface area contributed by atoms with Gasteiger partial charge in [-0.1, -0.05) is 24.3 Å². The molecule has 2 unspecified atom stereocenters. The van der Waals surface area contributed by atoms with Crippen molar-refractivity contribution in [2.24, 2.45) is 11.7 Å². The van der Waals surface area contributed by atoms with Gasteiger partial charge < -0.3 is 5.73 Å². The van der Waals surface area contributed by atoms with Crippen molar-refractivity contribution in [3.63, 3.8) is 0 Å². The SMILES string of the molecule is NC(CC(=O)CC1Cc2ccccc21)C1CC1. The fraction of sp³-hybridized carbons (Fsp3) is 0.533. The lowest BCUT2D eigenvalue weighted by Crippen LogP contribution is -2.28. The lowest BCUT2D eigenvalue weighted by Gasteiger charge is -2.29. The molecule has 90 valence electrons. The van der Waals surface area contributed by atoms with E-state index in [9.17, 15) is 4.79 Å². The molecule has 1 aromatic carbocycles. The molecule has 2 aliphatic carbocycles. The van der Waals surface area contributed by atoms with Gasteiger partial charge >= 0.3 is 0 Å². The third kappa shape index (κ3) is 2.27. The first-order chi connectivity index (χ1) is 8.24. The number of carbonyl (C=O) groups is 1. The van der Waals surface area contributed by atoms with Crippen molar-refractivity contribution in [2.45, 2.75) is 44.1 Å². The number of Topliss-reactive ketones (excluding diaryl/α,β-unsaturated/α-hetero) is 1. The normalized spacial score (nSPS) is 23.7. The van der Waals surface area contributed by atoms with Crippen molar-refractivity contribution in [1.29, 1.82) is 0 Å². The molecule has 0 amide bonds. The van der Waals surface area contributed by atoms with Gasteiger partial charge in [0.2, 0.25) is 0 Å². The van der Waals surface area contributed by atoms with E-state index in [2.05, 4.69) is 24.3 Å². The summed E-state index contributed by atoms with van der Waals surface area (Å²) in [7, 11) is 0. The van der Waals surface area contributed by atoms with Gasteiger partial charge in [-0.25, -0.2) is 0 Å². The third-order valence-corrected chi connectivity index (χ3v) is 4.13. The number of ketones is 1. The van der Waals surface area contributed by atoms with Crippen LogP contribution in [0.4, 0.5) is 0 Å². The van der Waals surface area contributed by atoms with Gasteiger partial charge in [0.1, 0.15) is 5.78 Å². The summed E-state index contributed by atoms with van der Waals surface area (Å²) in [5, 5.41) is 0. The van der Waals surface area contributed by atoms with Gasteiger partial charge in [0.15, 0.2) is 0 Å². The highest BCUT2D eigenvalue weighted by Crippen LogP contribution is 2.38. The molecule has 0 spiro atoms. The summed E-state index contributed by atoms with van der Waals surface area (Å²) in [4.78, 5) is 11.9. The number of carbonyl (C=O) groups excluding carboxylic acids is 1. The van der Waals surface area contributed by atoms with Crippen molar-refractivity contribution in [1.82, 2.24) is 0 Å². The van der Waals surface area contributed by atoms with Crippen molar-refractivity contribution in [3.05, 3.63) is 35.4 Å². The molecular formula is C15H19NO. The number of hydrogen-bond acceptors (Lipinski definition) is 2. The van der Waals surface area contributed by atoms with E-state index in [0.717, 1.165) is 6.42 Å². The highest BCUT2D eigenvalue weighted by molar-refractivity contribution is 5.80. The minimum atomic E-state index is 0.123. The summed E-state index contributed by atoms with van der Waals surface area (Å²) in [6, 6.07) is 8.56. The van der Waals surface area contributed by atoms with Gasteiger partial charge in [-0.2, -0.15) is 0 Å². The van der Waals surface area contributed by atoms with Crippen LogP contribution in [0.5, 0.6) is 0 Å². The zero-order chi connectivity index (χ0) is 11.8. The number of benzene rings is 1. The summed E-state index contributed by atoms with van der Waals surface area (Å²) in [5.74, 6) is 1.45. The monoisotopic (exact) mass is 229 g/mol. The van der Waals surface area contributed by atoms with Crippen LogP contribution in [0.15, 0.2) is 24.3 Å². The average Bonchev–Trinajstić information content (AvgIpc) is 3.09. The Morgan fingerprint density at radius 1 is 1.35 bits per heavy atom. The number of rotatable bonds is 5. The first-order valence-corrected chi connectivity index (χ1v) is 6.59. The lowest BCUT2D eigenvalue weighted by molar-refractivity contribution is -0.120.